The highest BCUT2D eigenvalue weighted by atomic mass is 16.5. The molecular formula is C20H28N6O2. The average molecular weight is 384 g/mol. The van der Waals surface area contributed by atoms with Gasteiger partial charge in [-0.2, -0.15) is 4.98 Å². The quantitative estimate of drug-likeness (QED) is 0.788. The average Bonchev–Trinajstić information content (AvgIpc) is 2.69. The molecule has 8 heteroatoms. The molecule has 0 spiro atoms. The molecule has 0 radical (unpaired) electrons. The van der Waals surface area contributed by atoms with Gasteiger partial charge in [-0.1, -0.05) is 0 Å². The summed E-state index contributed by atoms with van der Waals surface area (Å²) in [5, 5.41) is 2.81. The number of aromatic nitrogens is 2. The number of nitrogens with two attached hydrogens (primary N) is 1. The number of amides is 1. The van der Waals surface area contributed by atoms with Gasteiger partial charge in [0.1, 0.15) is 17.1 Å². The smallest absolute Gasteiger partial charge is 0.260 e. The maximum atomic E-state index is 12.5. The number of nitrogens with one attached hydrogen (secondary N) is 1. The van der Waals surface area contributed by atoms with Gasteiger partial charge >= 0.3 is 0 Å². The molecule has 2 heterocycles. The molecule has 28 heavy (non-hydrogen) atoms. The molecule has 0 unspecified atom stereocenters. The predicted octanol–water partition coefficient (Wildman–Crippen LogP) is 2.24. The molecule has 0 bridgehead atoms. The Morgan fingerprint density at radius 1 is 1.21 bits per heavy atom. The van der Waals surface area contributed by atoms with Crippen molar-refractivity contribution in [3.05, 3.63) is 36.0 Å². The normalized spacial score (nSPS) is 14.9. The lowest BCUT2D eigenvalue weighted by molar-refractivity contribution is 0.102. The summed E-state index contributed by atoms with van der Waals surface area (Å²) in [6.07, 6.45) is 1.50. The summed E-state index contributed by atoms with van der Waals surface area (Å²) in [4.78, 5) is 25.8. The Balaban J connectivity index is 1.64. The zero-order valence-corrected chi connectivity index (χ0v) is 16.7. The van der Waals surface area contributed by atoms with E-state index >= 15 is 0 Å². The number of carbonyl (C=O) groups excluding carboxylic acids is 1. The lowest BCUT2D eigenvalue weighted by Crippen LogP contribution is -2.49. The first kappa shape index (κ1) is 19.9. The second-order valence-corrected chi connectivity index (χ2v) is 7.00. The summed E-state index contributed by atoms with van der Waals surface area (Å²) < 4.78 is 5.40. The summed E-state index contributed by atoms with van der Waals surface area (Å²) >= 11 is 0. The summed E-state index contributed by atoms with van der Waals surface area (Å²) in [6, 6.07) is 7.70. The van der Waals surface area contributed by atoms with E-state index in [0.29, 0.717) is 24.3 Å². The van der Waals surface area contributed by atoms with E-state index in [-0.39, 0.29) is 17.3 Å². The number of rotatable bonds is 6. The molecule has 0 saturated carbocycles. The first-order chi connectivity index (χ1) is 13.5. The van der Waals surface area contributed by atoms with Crippen LogP contribution in [0, 0.1) is 0 Å². The molecule has 3 N–H and O–H groups in total. The highest BCUT2D eigenvalue weighted by Gasteiger charge is 2.22. The van der Waals surface area contributed by atoms with Crippen LogP contribution in [0.15, 0.2) is 30.5 Å². The van der Waals surface area contributed by atoms with Gasteiger partial charge < -0.3 is 20.7 Å². The number of ether oxygens (including phenoxy) is 1. The van der Waals surface area contributed by atoms with Crippen LogP contribution in [0.3, 0.4) is 0 Å². The van der Waals surface area contributed by atoms with Gasteiger partial charge in [0.15, 0.2) is 0 Å². The van der Waals surface area contributed by atoms with Crippen LogP contribution in [0.25, 0.3) is 0 Å². The monoisotopic (exact) mass is 384 g/mol. The van der Waals surface area contributed by atoms with E-state index in [1.54, 1.807) is 24.3 Å². The fourth-order valence-corrected chi connectivity index (χ4v) is 3.15. The lowest BCUT2D eigenvalue weighted by atomic mass is 10.2. The third-order valence-electron chi connectivity index (χ3n) is 4.80. The Kier molecular flexibility index (Phi) is 6.30. The second kappa shape index (κ2) is 8.88. The van der Waals surface area contributed by atoms with Gasteiger partial charge in [-0.15, -0.1) is 0 Å². The van der Waals surface area contributed by atoms with Gasteiger partial charge in [-0.25, -0.2) is 4.98 Å². The van der Waals surface area contributed by atoms with E-state index in [9.17, 15) is 4.79 Å². The minimum absolute atomic E-state index is 0.180. The number of nitrogen functional groups attached to an aromatic ring is 1. The van der Waals surface area contributed by atoms with Crippen LogP contribution in [-0.2, 0) is 0 Å². The van der Waals surface area contributed by atoms with Crippen molar-refractivity contribution in [2.24, 2.45) is 0 Å². The number of hydrogen-bond donors (Lipinski definition) is 2. The number of carbonyl (C=O) groups is 1. The van der Waals surface area contributed by atoms with Crippen LogP contribution in [0.1, 0.15) is 31.1 Å². The van der Waals surface area contributed by atoms with Gasteiger partial charge in [0.05, 0.1) is 6.61 Å². The molecule has 1 fully saturated rings. The minimum atomic E-state index is -0.335. The first-order valence-corrected chi connectivity index (χ1v) is 9.63. The van der Waals surface area contributed by atoms with Gasteiger partial charge in [-0.05, 0) is 45.0 Å². The lowest BCUT2D eigenvalue weighted by Gasteiger charge is -2.36. The molecule has 1 amide bonds. The Labute approximate surface area is 165 Å². The second-order valence-electron chi connectivity index (χ2n) is 7.00. The van der Waals surface area contributed by atoms with Crippen molar-refractivity contribution in [3.8, 4) is 5.75 Å². The van der Waals surface area contributed by atoms with Crippen LogP contribution in [-0.4, -0.2) is 59.6 Å². The van der Waals surface area contributed by atoms with E-state index in [0.717, 1.165) is 31.9 Å². The number of anilines is 3. The van der Waals surface area contributed by atoms with E-state index < -0.39 is 0 Å². The van der Waals surface area contributed by atoms with E-state index in [1.807, 2.05) is 6.92 Å². The van der Waals surface area contributed by atoms with Gasteiger partial charge in [-0.3, -0.25) is 9.69 Å². The van der Waals surface area contributed by atoms with Crippen molar-refractivity contribution in [1.82, 2.24) is 14.9 Å². The van der Waals surface area contributed by atoms with Crippen molar-refractivity contribution in [1.29, 1.82) is 0 Å². The van der Waals surface area contributed by atoms with Crippen LogP contribution < -0.4 is 20.7 Å². The summed E-state index contributed by atoms with van der Waals surface area (Å²) in [5.74, 6) is 1.17. The molecule has 0 aliphatic carbocycles. The van der Waals surface area contributed by atoms with Crippen LogP contribution in [0.4, 0.5) is 17.5 Å². The summed E-state index contributed by atoms with van der Waals surface area (Å²) in [7, 11) is 0. The fraction of sp³-hybridized carbons (Fsp3) is 0.450. The number of benzene rings is 1. The molecule has 2 aromatic rings. The molecule has 150 valence electrons. The third kappa shape index (κ3) is 4.69. The Morgan fingerprint density at radius 2 is 1.89 bits per heavy atom. The molecule has 1 saturated heterocycles. The van der Waals surface area contributed by atoms with Crippen molar-refractivity contribution >= 4 is 23.4 Å². The number of piperazine rings is 1. The highest BCUT2D eigenvalue weighted by molar-refractivity contribution is 6.07. The van der Waals surface area contributed by atoms with E-state index in [2.05, 4.69) is 38.9 Å². The third-order valence-corrected chi connectivity index (χ3v) is 4.80. The van der Waals surface area contributed by atoms with Crippen LogP contribution in [0.5, 0.6) is 5.75 Å². The van der Waals surface area contributed by atoms with Gasteiger partial charge in [0.25, 0.3) is 5.91 Å². The molecular weight excluding hydrogens is 356 g/mol. The van der Waals surface area contributed by atoms with Crippen molar-refractivity contribution < 1.29 is 9.53 Å². The number of hydrogen-bond acceptors (Lipinski definition) is 7. The van der Waals surface area contributed by atoms with E-state index in [1.165, 1.54) is 6.20 Å². The van der Waals surface area contributed by atoms with E-state index in [4.69, 9.17) is 10.5 Å². The van der Waals surface area contributed by atoms with Gasteiger partial charge in [0.2, 0.25) is 5.95 Å². The fourth-order valence-electron chi connectivity index (χ4n) is 3.15. The Bertz CT molecular complexity index is 801. The van der Waals surface area contributed by atoms with Crippen molar-refractivity contribution in [2.75, 3.05) is 48.7 Å². The Hall–Kier alpha value is -2.87. The maximum Gasteiger partial charge on any atom is 0.260 e. The van der Waals surface area contributed by atoms with Crippen molar-refractivity contribution in [2.45, 2.75) is 26.8 Å². The zero-order valence-electron chi connectivity index (χ0n) is 16.7. The summed E-state index contributed by atoms with van der Waals surface area (Å²) in [5.41, 5.74) is 6.97. The molecule has 1 aromatic heterocycles. The topological polar surface area (TPSA) is 96.6 Å². The molecule has 1 aliphatic heterocycles. The van der Waals surface area contributed by atoms with Crippen molar-refractivity contribution in [3.63, 3.8) is 0 Å². The maximum absolute atomic E-state index is 12.5. The highest BCUT2D eigenvalue weighted by Crippen LogP contribution is 2.19. The van der Waals surface area contributed by atoms with Crippen LogP contribution >= 0.6 is 0 Å². The minimum Gasteiger partial charge on any atom is -0.494 e. The van der Waals surface area contributed by atoms with Crippen LogP contribution in [0.2, 0.25) is 0 Å². The molecule has 8 nitrogen and oxygen atoms in total. The zero-order chi connectivity index (χ0) is 20.1. The molecule has 0 atom stereocenters. The SMILES string of the molecule is CCOc1ccc(NC(=O)c2cnc(N3CCN(C(C)C)CC3)nc2N)cc1. The largest absolute Gasteiger partial charge is 0.494 e. The standard InChI is InChI=1S/C20H28N6O2/c1-4-28-16-7-5-15(6-8-16)23-19(27)17-13-22-20(24-18(17)21)26-11-9-25(10-12-26)14(2)3/h5-8,13-14H,4,9-12H2,1-3H3,(H,23,27)(H2,21,22,24). The molecule has 1 aliphatic rings. The number of nitrogens with zero attached hydrogens (tertiary/aromatic N) is 4. The predicted molar refractivity (Wildman–Crippen MR) is 111 cm³/mol. The molecule has 3 rings (SSSR count). The Morgan fingerprint density at radius 3 is 2.46 bits per heavy atom. The van der Waals surface area contributed by atoms with Gasteiger partial charge in [0, 0.05) is 44.1 Å². The summed E-state index contributed by atoms with van der Waals surface area (Å²) in [6.45, 7) is 10.5. The molecule has 1 aromatic carbocycles. The first-order valence-electron chi connectivity index (χ1n) is 9.63.